The number of nitrogens with zero attached hydrogens (tertiary/aromatic N) is 2. The highest BCUT2D eigenvalue weighted by Crippen LogP contribution is 2.59. The highest BCUT2D eigenvalue weighted by atomic mass is 16.1. The first-order valence-corrected chi connectivity index (χ1v) is 28.8. The molecule has 6 aromatic carbocycles. The molecule has 4 heterocycles. The van der Waals surface area contributed by atoms with Crippen LogP contribution in [0, 0.1) is 16.7 Å². The molecule has 372 valence electrons. The molecular formula is C69H74N2O2. The molecule has 0 saturated heterocycles. The molecule has 4 bridgehead atoms. The van der Waals surface area contributed by atoms with Gasteiger partial charge in [-0.1, -0.05) is 88.3 Å². The van der Waals surface area contributed by atoms with Crippen LogP contribution >= 0.6 is 0 Å². The summed E-state index contributed by atoms with van der Waals surface area (Å²) in [6, 6.07) is 29.9. The third kappa shape index (κ3) is 5.59. The number of benzene rings is 6. The van der Waals surface area contributed by atoms with Crippen LogP contribution in [0.3, 0.4) is 0 Å². The number of hydrogen-bond donors (Lipinski definition) is 0. The van der Waals surface area contributed by atoms with Gasteiger partial charge in [0.15, 0.2) is 11.6 Å². The molecule has 2 fully saturated rings. The highest BCUT2D eigenvalue weighted by molar-refractivity contribution is 6.30. The topological polar surface area (TPSA) is 43.0 Å². The average molecular weight is 963 g/mol. The minimum absolute atomic E-state index is 0.0102. The van der Waals surface area contributed by atoms with Crippen LogP contribution in [0.2, 0.25) is 0 Å². The van der Waals surface area contributed by atoms with Crippen molar-refractivity contribution in [1.82, 2.24) is 8.80 Å². The van der Waals surface area contributed by atoms with Gasteiger partial charge in [-0.3, -0.25) is 9.59 Å². The minimum atomic E-state index is -0.328. The van der Waals surface area contributed by atoms with Crippen LogP contribution in [0.1, 0.15) is 201 Å². The Morgan fingerprint density at radius 2 is 0.877 bits per heavy atom. The average Bonchev–Trinajstić information content (AvgIpc) is 4.07. The van der Waals surface area contributed by atoms with Crippen LogP contribution in [0.15, 0.2) is 72.8 Å². The minimum Gasteiger partial charge on any atom is -0.308 e. The fourth-order valence-corrected chi connectivity index (χ4v) is 16.9. The Hall–Kier alpha value is -5.74. The Balaban J connectivity index is 1.16. The van der Waals surface area contributed by atoms with Gasteiger partial charge in [0.1, 0.15) is 0 Å². The van der Waals surface area contributed by atoms with Gasteiger partial charge in [-0.05, 0) is 217 Å². The zero-order valence-electron chi connectivity index (χ0n) is 45.6. The van der Waals surface area contributed by atoms with Crippen molar-refractivity contribution in [2.45, 2.75) is 182 Å². The molecule has 6 aliphatic rings. The SMILES string of the molecule is CCc1cc(CC)c(-c2cc3c4cc5c(cc4n4c6cc7c8cc(C(CC)(CC)CC)cc9c%10cc%11c(cc%10n(c7cc6c(c2)c34)c98)C(=O)C2(C)CCC%11(C(C)C)CC2)C(=O)C2(C)CCC5(C)CC2)c(CC)c1. The van der Waals surface area contributed by atoms with E-state index in [1.807, 2.05) is 0 Å². The number of aryl methyl sites for hydroxylation is 3. The van der Waals surface area contributed by atoms with Crippen LogP contribution in [-0.2, 0) is 35.5 Å². The largest absolute Gasteiger partial charge is 0.308 e. The lowest BCUT2D eigenvalue weighted by molar-refractivity contribution is 0.0687. The number of rotatable bonds is 9. The molecule has 0 amide bonds. The molecule has 0 aliphatic heterocycles. The predicted octanol–water partition coefficient (Wildman–Crippen LogP) is 18.5. The summed E-state index contributed by atoms with van der Waals surface area (Å²) in [5.41, 5.74) is 19.4. The Bertz CT molecular complexity index is 4020. The van der Waals surface area contributed by atoms with Crippen molar-refractivity contribution in [3.8, 4) is 11.1 Å². The molecule has 16 rings (SSSR count). The number of ketones is 2. The van der Waals surface area contributed by atoms with E-state index >= 15 is 4.79 Å². The Morgan fingerprint density at radius 1 is 0.466 bits per heavy atom. The number of fused-ring (bicyclic) bond motifs is 16. The standard InChI is InChI=1S/C69H74N2O2/c1-12-39-26-40(13-2)60(41(14-3)27-39)42-28-48-44-32-54-52(63(72)66(10)20-18-65(54,9)19-21-66)36-58(44)70-56-35-47-51-31-43(68(15-4,16-5)17-6)30-50-45-33-55-53(64(73)67(11)22-24-69(55,25-23-67)38(7)8)37-59(45)71(62(50)51)57(47)34-46(56)49(29-42)61(48)70/h26-38H,12-25H2,1-11H3. The van der Waals surface area contributed by atoms with E-state index in [0.29, 0.717) is 17.5 Å². The summed E-state index contributed by atoms with van der Waals surface area (Å²) >= 11 is 0. The lowest BCUT2D eigenvalue weighted by atomic mass is 9.60. The first-order valence-electron chi connectivity index (χ1n) is 28.8. The van der Waals surface area contributed by atoms with E-state index in [9.17, 15) is 4.79 Å². The van der Waals surface area contributed by atoms with Gasteiger partial charge >= 0.3 is 0 Å². The van der Waals surface area contributed by atoms with Crippen LogP contribution in [0.25, 0.3) is 87.3 Å². The van der Waals surface area contributed by atoms with E-state index in [-0.39, 0.29) is 27.1 Å². The summed E-state index contributed by atoms with van der Waals surface area (Å²) in [5, 5.41) is 10.2. The summed E-state index contributed by atoms with van der Waals surface area (Å²) in [6.07, 6.45) is 14.2. The summed E-state index contributed by atoms with van der Waals surface area (Å²) < 4.78 is 5.14. The fraction of sp³-hybridized carbons (Fsp3) is 0.449. The number of carbonyl (C=O) groups excluding carboxylic acids is 2. The molecule has 0 radical (unpaired) electrons. The number of Topliss-reactive ketones (excluding diaryl/α,β-unsaturated/α-hetero) is 2. The molecule has 0 spiro atoms. The fourth-order valence-electron chi connectivity index (χ4n) is 16.9. The van der Waals surface area contributed by atoms with Crippen LogP contribution in [0.5, 0.6) is 0 Å². The van der Waals surface area contributed by atoms with Gasteiger partial charge in [0.25, 0.3) is 0 Å². The molecule has 4 aromatic heterocycles. The molecule has 10 aromatic rings. The van der Waals surface area contributed by atoms with Gasteiger partial charge in [0, 0.05) is 65.0 Å². The third-order valence-electron chi connectivity index (χ3n) is 22.2. The first-order chi connectivity index (χ1) is 35.0. The maximum atomic E-state index is 15.1. The highest BCUT2D eigenvalue weighted by Gasteiger charge is 2.53. The summed E-state index contributed by atoms with van der Waals surface area (Å²) in [4.78, 5) is 30.1. The maximum Gasteiger partial charge on any atom is 0.169 e. The number of aromatic nitrogens is 2. The zero-order chi connectivity index (χ0) is 50.6. The van der Waals surface area contributed by atoms with Gasteiger partial charge in [-0.25, -0.2) is 0 Å². The Kier molecular flexibility index (Phi) is 9.41. The molecule has 0 N–H and O–H groups in total. The van der Waals surface area contributed by atoms with Crippen LogP contribution in [0.4, 0.5) is 0 Å². The predicted molar refractivity (Wildman–Crippen MR) is 308 cm³/mol. The molecule has 4 nitrogen and oxygen atoms in total. The monoisotopic (exact) mass is 963 g/mol. The molecule has 6 aliphatic carbocycles. The van der Waals surface area contributed by atoms with Crippen molar-refractivity contribution in [1.29, 1.82) is 0 Å². The van der Waals surface area contributed by atoms with Gasteiger partial charge < -0.3 is 8.80 Å². The van der Waals surface area contributed by atoms with Gasteiger partial charge in [-0.2, -0.15) is 0 Å². The van der Waals surface area contributed by atoms with Crippen molar-refractivity contribution in [3.63, 3.8) is 0 Å². The van der Waals surface area contributed by atoms with Crippen LogP contribution in [-0.4, -0.2) is 20.4 Å². The second-order valence-corrected chi connectivity index (χ2v) is 25.6. The molecule has 73 heavy (non-hydrogen) atoms. The maximum absolute atomic E-state index is 15.1. The molecule has 0 unspecified atom stereocenters. The summed E-state index contributed by atoms with van der Waals surface area (Å²) in [6.45, 7) is 25.8. The van der Waals surface area contributed by atoms with E-state index in [2.05, 4.69) is 158 Å². The zero-order valence-corrected chi connectivity index (χ0v) is 45.6. The normalized spacial score (nSPS) is 24.4. The Labute approximate surface area is 431 Å². The van der Waals surface area contributed by atoms with Gasteiger partial charge in [-0.15, -0.1) is 0 Å². The Morgan fingerprint density at radius 3 is 1.33 bits per heavy atom. The van der Waals surface area contributed by atoms with Crippen LogP contribution < -0.4 is 0 Å². The van der Waals surface area contributed by atoms with Crippen molar-refractivity contribution in [2.75, 3.05) is 0 Å². The van der Waals surface area contributed by atoms with E-state index in [0.717, 1.165) is 112 Å². The van der Waals surface area contributed by atoms with Crippen molar-refractivity contribution in [2.24, 2.45) is 16.7 Å². The number of hydrogen-bond acceptors (Lipinski definition) is 2. The lowest BCUT2D eigenvalue weighted by Gasteiger charge is -2.44. The molecule has 4 heteroatoms. The quantitative estimate of drug-likeness (QED) is 0.145. The van der Waals surface area contributed by atoms with E-state index in [1.165, 1.54) is 110 Å². The van der Waals surface area contributed by atoms with Crippen molar-refractivity contribution < 1.29 is 9.59 Å². The third-order valence-corrected chi connectivity index (χ3v) is 22.2. The van der Waals surface area contributed by atoms with E-state index < -0.39 is 0 Å². The second-order valence-electron chi connectivity index (χ2n) is 25.6. The van der Waals surface area contributed by atoms with Gasteiger partial charge in [0.05, 0.1) is 33.1 Å². The summed E-state index contributed by atoms with van der Waals surface area (Å²) in [5.74, 6) is 1.12. The summed E-state index contributed by atoms with van der Waals surface area (Å²) in [7, 11) is 0. The lowest BCUT2D eigenvalue weighted by Crippen LogP contribution is -2.38. The molecule has 2 saturated carbocycles. The van der Waals surface area contributed by atoms with Crippen molar-refractivity contribution >= 4 is 87.8 Å². The second kappa shape index (κ2) is 15.0. The van der Waals surface area contributed by atoms with Crippen molar-refractivity contribution in [3.05, 3.63) is 117 Å². The molecular weight excluding hydrogens is 889 g/mol. The van der Waals surface area contributed by atoms with Gasteiger partial charge in [0.2, 0.25) is 0 Å². The first kappa shape index (κ1) is 45.8. The van der Waals surface area contributed by atoms with E-state index in [4.69, 9.17) is 0 Å². The van der Waals surface area contributed by atoms with E-state index in [1.54, 1.807) is 0 Å². The molecule has 0 atom stereocenters. The number of carbonyl (C=O) groups is 2. The smallest absolute Gasteiger partial charge is 0.169 e.